The van der Waals surface area contributed by atoms with Gasteiger partial charge in [0.1, 0.15) is 11.5 Å². The number of aryl methyl sites for hydroxylation is 2. The highest BCUT2D eigenvalue weighted by Crippen LogP contribution is 2.21. The number of aromatic amines is 1. The van der Waals surface area contributed by atoms with Gasteiger partial charge in [-0.15, -0.1) is 0 Å². The molecule has 0 aliphatic carbocycles. The summed E-state index contributed by atoms with van der Waals surface area (Å²) in [5.74, 6) is -2.84. The molecule has 96 valence electrons. The molecule has 1 aromatic heterocycles. The number of H-pyrrole nitrogens is 1. The van der Waals surface area contributed by atoms with Gasteiger partial charge in [0, 0.05) is 29.9 Å². The Kier molecular flexibility index (Phi) is 3.27. The van der Waals surface area contributed by atoms with Crippen molar-refractivity contribution < 1.29 is 13.2 Å². The molecular formula is C12H12F3N3. The van der Waals surface area contributed by atoms with Crippen molar-refractivity contribution in [2.45, 2.75) is 20.4 Å². The fourth-order valence-corrected chi connectivity index (χ4v) is 1.72. The molecule has 1 aromatic carbocycles. The van der Waals surface area contributed by atoms with Gasteiger partial charge in [-0.1, -0.05) is 0 Å². The molecule has 1 heterocycles. The van der Waals surface area contributed by atoms with Crippen LogP contribution in [-0.2, 0) is 6.54 Å². The van der Waals surface area contributed by atoms with Gasteiger partial charge in [-0.25, -0.2) is 13.2 Å². The largest absolute Gasteiger partial charge is 0.376 e. The molecule has 2 aromatic rings. The second-order valence-corrected chi connectivity index (χ2v) is 4.01. The Morgan fingerprint density at radius 3 is 2.28 bits per heavy atom. The van der Waals surface area contributed by atoms with Gasteiger partial charge < -0.3 is 5.32 Å². The molecule has 2 N–H and O–H groups in total. The number of halogens is 3. The molecule has 0 bridgehead atoms. The summed E-state index contributed by atoms with van der Waals surface area (Å²) in [7, 11) is 0. The van der Waals surface area contributed by atoms with E-state index in [9.17, 15) is 13.2 Å². The Labute approximate surface area is 102 Å². The lowest BCUT2D eigenvalue weighted by Crippen LogP contribution is -2.06. The molecule has 3 nitrogen and oxygen atoms in total. The quantitative estimate of drug-likeness (QED) is 0.885. The number of hydrogen-bond acceptors (Lipinski definition) is 2. The zero-order chi connectivity index (χ0) is 13.3. The van der Waals surface area contributed by atoms with Crippen LogP contribution in [0.25, 0.3) is 0 Å². The molecule has 0 amide bonds. The Balaban J connectivity index is 2.21. The first kappa shape index (κ1) is 12.5. The maximum atomic E-state index is 13.4. The summed E-state index contributed by atoms with van der Waals surface area (Å²) in [5.41, 5.74) is 2.07. The minimum Gasteiger partial charge on any atom is -0.376 e. The van der Waals surface area contributed by atoms with Crippen molar-refractivity contribution in [1.29, 1.82) is 0 Å². The van der Waals surface area contributed by atoms with Crippen LogP contribution in [0.15, 0.2) is 12.1 Å². The highest BCUT2D eigenvalue weighted by molar-refractivity contribution is 5.47. The standard InChI is InChI=1S/C12H12F3N3/c1-6-9(7(2)18-17-6)5-16-12-10(14)3-8(13)4-11(12)15/h3-4,16H,5H2,1-2H3,(H,17,18). The number of aromatic nitrogens is 2. The van der Waals surface area contributed by atoms with Gasteiger partial charge in [0.05, 0.1) is 5.69 Å². The zero-order valence-corrected chi connectivity index (χ0v) is 9.94. The van der Waals surface area contributed by atoms with E-state index in [4.69, 9.17) is 0 Å². The summed E-state index contributed by atoms with van der Waals surface area (Å²) >= 11 is 0. The predicted molar refractivity (Wildman–Crippen MR) is 61.7 cm³/mol. The Morgan fingerprint density at radius 1 is 1.17 bits per heavy atom. The summed E-state index contributed by atoms with van der Waals surface area (Å²) in [6.45, 7) is 3.82. The second-order valence-electron chi connectivity index (χ2n) is 4.01. The molecule has 18 heavy (non-hydrogen) atoms. The molecule has 0 saturated carbocycles. The third-order valence-electron chi connectivity index (χ3n) is 2.73. The SMILES string of the molecule is Cc1n[nH]c(C)c1CNc1c(F)cc(F)cc1F. The van der Waals surface area contributed by atoms with E-state index in [1.165, 1.54) is 0 Å². The molecule has 0 radical (unpaired) electrons. The lowest BCUT2D eigenvalue weighted by molar-refractivity contribution is 0.547. The van der Waals surface area contributed by atoms with Crippen molar-refractivity contribution in [2.75, 3.05) is 5.32 Å². The van der Waals surface area contributed by atoms with Crippen molar-refractivity contribution in [1.82, 2.24) is 10.2 Å². The molecule has 0 atom stereocenters. The molecule has 0 spiro atoms. The van der Waals surface area contributed by atoms with Gasteiger partial charge in [-0.05, 0) is 13.8 Å². The van der Waals surface area contributed by atoms with Crippen LogP contribution in [0.1, 0.15) is 17.0 Å². The summed E-state index contributed by atoms with van der Waals surface area (Å²) in [6, 6.07) is 1.28. The van der Waals surface area contributed by atoms with Crippen molar-refractivity contribution in [3.63, 3.8) is 0 Å². The van der Waals surface area contributed by atoms with Gasteiger partial charge in [0.2, 0.25) is 0 Å². The smallest absolute Gasteiger partial charge is 0.152 e. The first-order valence-corrected chi connectivity index (χ1v) is 5.38. The van der Waals surface area contributed by atoms with E-state index in [1.807, 2.05) is 6.92 Å². The lowest BCUT2D eigenvalue weighted by Gasteiger charge is -2.09. The number of rotatable bonds is 3. The topological polar surface area (TPSA) is 40.7 Å². The maximum Gasteiger partial charge on any atom is 0.152 e. The minimum absolute atomic E-state index is 0.216. The van der Waals surface area contributed by atoms with E-state index in [0.717, 1.165) is 17.0 Å². The molecule has 0 saturated heterocycles. The van der Waals surface area contributed by atoms with E-state index >= 15 is 0 Å². The van der Waals surface area contributed by atoms with Crippen LogP contribution in [0, 0.1) is 31.3 Å². The Morgan fingerprint density at radius 2 is 1.78 bits per heavy atom. The van der Waals surface area contributed by atoms with Crippen LogP contribution in [0.3, 0.4) is 0 Å². The van der Waals surface area contributed by atoms with Crippen LogP contribution < -0.4 is 5.32 Å². The van der Waals surface area contributed by atoms with Crippen molar-refractivity contribution in [3.8, 4) is 0 Å². The summed E-state index contributed by atoms with van der Waals surface area (Å²) in [5, 5.41) is 9.36. The number of nitrogens with zero attached hydrogens (tertiary/aromatic N) is 1. The van der Waals surface area contributed by atoms with Crippen molar-refractivity contribution >= 4 is 5.69 Å². The monoisotopic (exact) mass is 255 g/mol. The average Bonchev–Trinajstić information content (AvgIpc) is 2.58. The fraction of sp³-hybridized carbons (Fsp3) is 0.250. The van der Waals surface area contributed by atoms with Crippen molar-refractivity contribution in [2.24, 2.45) is 0 Å². The van der Waals surface area contributed by atoms with E-state index < -0.39 is 17.5 Å². The Bertz CT molecular complexity index is 535. The molecular weight excluding hydrogens is 243 g/mol. The highest BCUT2D eigenvalue weighted by Gasteiger charge is 2.13. The average molecular weight is 255 g/mol. The van der Waals surface area contributed by atoms with Crippen molar-refractivity contribution in [3.05, 3.63) is 46.5 Å². The number of nitrogens with one attached hydrogen (secondary N) is 2. The molecule has 6 heteroatoms. The van der Waals surface area contributed by atoms with Gasteiger partial charge in [0.25, 0.3) is 0 Å². The summed E-state index contributed by atoms with van der Waals surface area (Å²) in [4.78, 5) is 0. The summed E-state index contributed by atoms with van der Waals surface area (Å²) in [6.07, 6.45) is 0. The summed E-state index contributed by atoms with van der Waals surface area (Å²) < 4.78 is 39.5. The first-order chi connectivity index (χ1) is 8.49. The van der Waals surface area contributed by atoms with Crippen LogP contribution >= 0.6 is 0 Å². The third kappa shape index (κ3) is 2.32. The maximum absolute atomic E-state index is 13.4. The first-order valence-electron chi connectivity index (χ1n) is 5.38. The molecule has 0 fully saturated rings. The van der Waals surface area contributed by atoms with Crippen LogP contribution in [-0.4, -0.2) is 10.2 Å². The van der Waals surface area contributed by atoms with Gasteiger partial charge in [-0.2, -0.15) is 5.10 Å². The predicted octanol–water partition coefficient (Wildman–Crippen LogP) is 3.06. The van der Waals surface area contributed by atoms with E-state index in [1.54, 1.807) is 6.92 Å². The number of anilines is 1. The van der Waals surface area contributed by atoms with Crippen LogP contribution in [0.5, 0.6) is 0 Å². The van der Waals surface area contributed by atoms with E-state index in [-0.39, 0.29) is 12.2 Å². The van der Waals surface area contributed by atoms with E-state index in [2.05, 4.69) is 15.5 Å². The van der Waals surface area contributed by atoms with Crippen LogP contribution in [0.2, 0.25) is 0 Å². The molecule has 0 unspecified atom stereocenters. The second kappa shape index (κ2) is 4.72. The number of benzene rings is 1. The van der Waals surface area contributed by atoms with Gasteiger partial charge in [0.15, 0.2) is 11.6 Å². The fourth-order valence-electron chi connectivity index (χ4n) is 1.72. The van der Waals surface area contributed by atoms with Gasteiger partial charge in [-0.3, -0.25) is 5.10 Å². The zero-order valence-electron chi connectivity index (χ0n) is 9.94. The van der Waals surface area contributed by atoms with Crippen LogP contribution in [0.4, 0.5) is 18.9 Å². The molecule has 0 aliphatic heterocycles. The number of hydrogen-bond donors (Lipinski definition) is 2. The Hall–Kier alpha value is -1.98. The van der Waals surface area contributed by atoms with Gasteiger partial charge >= 0.3 is 0 Å². The van der Waals surface area contributed by atoms with E-state index in [0.29, 0.717) is 12.1 Å². The molecule has 0 aliphatic rings. The normalized spacial score (nSPS) is 10.7. The highest BCUT2D eigenvalue weighted by atomic mass is 19.1. The third-order valence-corrected chi connectivity index (χ3v) is 2.73. The minimum atomic E-state index is -0.952. The lowest BCUT2D eigenvalue weighted by atomic mass is 10.2. The molecule has 2 rings (SSSR count).